The lowest BCUT2D eigenvalue weighted by Crippen LogP contribution is -2.33. The molecule has 102 valence electrons. The van der Waals surface area contributed by atoms with E-state index in [4.69, 9.17) is 16.3 Å². The van der Waals surface area contributed by atoms with E-state index in [2.05, 4.69) is 4.98 Å². The molecular weight excluding hydrogens is 300 g/mol. The van der Waals surface area contributed by atoms with Gasteiger partial charge in [-0.15, -0.1) is 11.3 Å². The molecule has 7 heteroatoms. The van der Waals surface area contributed by atoms with Crippen molar-refractivity contribution in [2.75, 3.05) is 7.11 Å². The number of nitrogens with one attached hydrogen (secondary N) is 1. The molecule has 3 aromatic rings. The van der Waals surface area contributed by atoms with Gasteiger partial charge in [0.2, 0.25) is 0 Å². The highest BCUT2D eigenvalue weighted by Crippen LogP contribution is 2.24. The van der Waals surface area contributed by atoms with Crippen LogP contribution in [0, 0.1) is 0 Å². The largest absolute Gasteiger partial charge is 0.495 e. The number of benzene rings is 1. The average molecular weight is 309 g/mol. The Labute approximate surface area is 122 Å². The van der Waals surface area contributed by atoms with Crippen LogP contribution in [0.5, 0.6) is 5.75 Å². The van der Waals surface area contributed by atoms with E-state index in [1.54, 1.807) is 30.3 Å². The number of ether oxygens (including phenoxy) is 1. The standard InChI is InChI=1S/C13H9ClN2O3S/c1-19-8-4-2-3-7-11(8)15-13(18)16(12(7)17)10-6-5-9(14)20-10/h2-6H,1H3,(H,15,18). The van der Waals surface area contributed by atoms with E-state index < -0.39 is 11.2 Å². The quantitative estimate of drug-likeness (QED) is 0.790. The smallest absolute Gasteiger partial charge is 0.334 e. The molecule has 0 bridgehead atoms. The zero-order chi connectivity index (χ0) is 14.3. The van der Waals surface area contributed by atoms with Crippen LogP contribution in [0.1, 0.15) is 0 Å². The van der Waals surface area contributed by atoms with Gasteiger partial charge >= 0.3 is 5.69 Å². The first-order valence-electron chi connectivity index (χ1n) is 5.69. The lowest BCUT2D eigenvalue weighted by Gasteiger charge is -2.07. The van der Waals surface area contributed by atoms with Crippen LogP contribution in [0.15, 0.2) is 39.9 Å². The fourth-order valence-corrected chi connectivity index (χ4v) is 3.04. The van der Waals surface area contributed by atoms with Crippen LogP contribution in [-0.4, -0.2) is 16.7 Å². The molecule has 2 aromatic heterocycles. The Bertz CT molecular complexity index is 910. The Balaban J connectivity index is 2.42. The number of aromatic amines is 1. The van der Waals surface area contributed by atoms with Gasteiger partial charge in [0.25, 0.3) is 5.56 Å². The second kappa shape index (κ2) is 4.81. The van der Waals surface area contributed by atoms with Crippen LogP contribution in [0.2, 0.25) is 4.34 Å². The van der Waals surface area contributed by atoms with Crippen molar-refractivity contribution < 1.29 is 4.74 Å². The second-order valence-corrected chi connectivity index (χ2v) is 5.72. The molecule has 1 aromatic carbocycles. The SMILES string of the molecule is COc1cccc2c(=O)n(-c3ccc(Cl)s3)c(=O)[nH]c12. The third-order valence-electron chi connectivity index (χ3n) is 2.89. The van der Waals surface area contributed by atoms with Gasteiger partial charge in [-0.2, -0.15) is 0 Å². The number of halogens is 1. The number of hydrogen-bond acceptors (Lipinski definition) is 4. The van der Waals surface area contributed by atoms with Crippen molar-refractivity contribution in [2.24, 2.45) is 0 Å². The minimum Gasteiger partial charge on any atom is -0.495 e. The average Bonchev–Trinajstić information content (AvgIpc) is 2.84. The van der Waals surface area contributed by atoms with Crippen molar-refractivity contribution in [3.05, 3.63) is 55.5 Å². The maximum absolute atomic E-state index is 12.5. The molecule has 0 aliphatic heterocycles. The summed E-state index contributed by atoms with van der Waals surface area (Å²) in [4.78, 5) is 27.3. The summed E-state index contributed by atoms with van der Waals surface area (Å²) in [6.45, 7) is 0. The van der Waals surface area contributed by atoms with E-state index >= 15 is 0 Å². The van der Waals surface area contributed by atoms with Gasteiger partial charge in [-0.25, -0.2) is 9.36 Å². The van der Waals surface area contributed by atoms with Gasteiger partial charge in [0.05, 0.1) is 22.3 Å². The number of para-hydroxylation sites is 1. The number of fused-ring (bicyclic) bond motifs is 1. The molecule has 0 saturated heterocycles. The molecule has 0 fully saturated rings. The van der Waals surface area contributed by atoms with E-state index in [1.165, 1.54) is 7.11 Å². The lowest BCUT2D eigenvalue weighted by atomic mass is 10.2. The lowest BCUT2D eigenvalue weighted by molar-refractivity contribution is 0.418. The molecule has 5 nitrogen and oxygen atoms in total. The zero-order valence-electron chi connectivity index (χ0n) is 10.3. The number of methoxy groups -OCH3 is 1. The zero-order valence-corrected chi connectivity index (χ0v) is 11.9. The first-order valence-corrected chi connectivity index (χ1v) is 6.89. The monoisotopic (exact) mass is 308 g/mol. The van der Waals surface area contributed by atoms with Crippen molar-refractivity contribution in [1.82, 2.24) is 9.55 Å². The van der Waals surface area contributed by atoms with E-state index in [0.717, 1.165) is 15.9 Å². The van der Waals surface area contributed by atoms with Gasteiger partial charge in [-0.05, 0) is 24.3 Å². The van der Waals surface area contributed by atoms with Crippen LogP contribution >= 0.6 is 22.9 Å². The molecule has 2 heterocycles. The number of nitrogens with zero attached hydrogens (tertiary/aromatic N) is 1. The molecule has 0 saturated carbocycles. The van der Waals surface area contributed by atoms with Gasteiger partial charge in [-0.3, -0.25) is 4.79 Å². The van der Waals surface area contributed by atoms with Crippen molar-refractivity contribution in [1.29, 1.82) is 0 Å². The maximum atomic E-state index is 12.5. The number of thiophene rings is 1. The Morgan fingerprint density at radius 3 is 2.70 bits per heavy atom. The molecule has 0 aliphatic rings. The number of hydrogen-bond donors (Lipinski definition) is 1. The van der Waals surface area contributed by atoms with E-state index in [0.29, 0.717) is 26.0 Å². The van der Waals surface area contributed by atoms with Crippen molar-refractivity contribution in [2.45, 2.75) is 0 Å². The summed E-state index contributed by atoms with van der Waals surface area (Å²) in [5.74, 6) is 0.452. The van der Waals surface area contributed by atoms with Gasteiger partial charge < -0.3 is 9.72 Å². The third-order valence-corrected chi connectivity index (χ3v) is 4.11. The minimum absolute atomic E-state index is 0.383. The minimum atomic E-state index is -0.523. The third kappa shape index (κ3) is 1.93. The maximum Gasteiger partial charge on any atom is 0.334 e. The van der Waals surface area contributed by atoms with Gasteiger partial charge in [-0.1, -0.05) is 17.7 Å². The predicted molar refractivity (Wildman–Crippen MR) is 79.6 cm³/mol. The molecule has 0 unspecified atom stereocenters. The summed E-state index contributed by atoms with van der Waals surface area (Å²) >= 11 is 7.02. The molecule has 0 aliphatic carbocycles. The van der Waals surface area contributed by atoms with Crippen LogP contribution in [0.3, 0.4) is 0 Å². The second-order valence-electron chi connectivity index (χ2n) is 4.03. The van der Waals surface area contributed by atoms with Gasteiger partial charge in [0.15, 0.2) is 0 Å². The van der Waals surface area contributed by atoms with E-state index in [1.807, 2.05) is 0 Å². The van der Waals surface area contributed by atoms with E-state index in [9.17, 15) is 9.59 Å². The highest BCUT2D eigenvalue weighted by Gasteiger charge is 2.13. The van der Waals surface area contributed by atoms with Crippen LogP contribution in [0.25, 0.3) is 15.9 Å². The molecular formula is C13H9ClN2O3S. The highest BCUT2D eigenvalue weighted by molar-refractivity contribution is 7.18. The summed E-state index contributed by atoms with van der Waals surface area (Å²) < 4.78 is 6.73. The first kappa shape index (κ1) is 13.0. The fraction of sp³-hybridized carbons (Fsp3) is 0.0769. The molecule has 0 amide bonds. The molecule has 20 heavy (non-hydrogen) atoms. The molecule has 0 spiro atoms. The van der Waals surface area contributed by atoms with Crippen LogP contribution in [-0.2, 0) is 0 Å². The molecule has 1 N–H and O–H groups in total. The summed E-state index contributed by atoms with van der Waals surface area (Å²) in [5, 5.41) is 0.861. The van der Waals surface area contributed by atoms with Crippen molar-refractivity contribution in [3.63, 3.8) is 0 Å². The number of aromatic nitrogens is 2. The van der Waals surface area contributed by atoms with Crippen molar-refractivity contribution >= 4 is 33.8 Å². The Hall–Kier alpha value is -2.05. The van der Waals surface area contributed by atoms with Crippen LogP contribution in [0.4, 0.5) is 0 Å². The summed E-state index contributed by atoms with van der Waals surface area (Å²) in [7, 11) is 1.48. The van der Waals surface area contributed by atoms with Crippen molar-refractivity contribution in [3.8, 4) is 10.8 Å². The Morgan fingerprint density at radius 1 is 1.25 bits per heavy atom. The van der Waals surface area contributed by atoms with E-state index in [-0.39, 0.29) is 0 Å². The highest BCUT2D eigenvalue weighted by atomic mass is 35.5. The fourth-order valence-electron chi connectivity index (χ4n) is 2.01. The number of rotatable bonds is 2. The van der Waals surface area contributed by atoms with Gasteiger partial charge in [0.1, 0.15) is 10.8 Å². The first-order chi connectivity index (χ1) is 9.61. The summed E-state index contributed by atoms with van der Waals surface area (Å²) in [6.07, 6.45) is 0. The normalized spacial score (nSPS) is 10.9. The summed E-state index contributed by atoms with van der Waals surface area (Å²) in [6, 6.07) is 8.30. The van der Waals surface area contributed by atoms with Crippen LogP contribution < -0.4 is 16.0 Å². The number of H-pyrrole nitrogens is 1. The Kier molecular flexibility index (Phi) is 3.11. The summed E-state index contributed by atoms with van der Waals surface area (Å²) in [5.41, 5.74) is -0.532. The molecule has 3 rings (SSSR count). The van der Waals surface area contributed by atoms with Gasteiger partial charge in [0, 0.05) is 0 Å². The molecule has 0 atom stereocenters. The Morgan fingerprint density at radius 2 is 2.05 bits per heavy atom. The topological polar surface area (TPSA) is 64.1 Å². The molecule has 0 radical (unpaired) electrons. The predicted octanol–water partition coefficient (Wildman–Crippen LogP) is 2.40.